The van der Waals surface area contributed by atoms with Crippen molar-refractivity contribution >= 4 is 11.7 Å². The fourth-order valence-electron chi connectivity index (χ4n) is 2.82. The molecular weight excluding hydrogens is 344 g/mol. The van der Waals surface area contributed by atoms with E-state index >= 15 is 0 Å². The van der Waals surface area contributed by atoms with Gasteiger partial charge in [-0.3, -0.25) is 0 Å². The summed E-state index contributed by atoms with van der Waals surface area (Å²) in [7, 11) is 1.62. The van der Waals surface area contributed by atoms with Gasteiger partial charge in [-0.1, -0.05) is 23.8 Å². The Kier molecular flexibility index (Phi) is 5.35. The van der Waals surface area contributed by atoms with Crippen molar-refractivity contribution in [2.75, 3.05) is 12.4 Å². The number of ether oxygens (including phenoxy) is 1. The topological polar surface area (TPSA) is 94.0 Å². The number of carbonyl (C=O) groups is 1. The molecule has 2 amide bonds. The predicted molar refractivity (Wildman–Crippen MR) is 102 cm³/mol. The highest BCUT2D eigenvalue weighted by molar-refractivity contribution is 5.89. The fourth-order valence-corrected chi connectivity index (χ4v) is 2.82. The number of anilines is 1. The van der Waals surface area contributed by atoms with Gasteiger partial charge in [-0.15, -0.1) is 5.10 Å². The Morgan fingerprint density at radius 1 is 1.19 bits per heavy atom. The van der Waals surface area contributed by atoms with E-state index in [4.69, 9.17) is 4.74 Å². The lowest BCUT2D eigenvalue weighted by Crippen LogP contribution is -2.31. The Morgan fingerprint density at radius 3 is 2.70 bits per heavy atom. The average Bonchev–Trinajstić information content (AvgIpc) is 3.07. The van der Waals surface area contributed by atoms with E-state index in [9.17, 15) is 4.79 Å². The van der Waals surface area contributed by atoms with E-state index in [1.165, 1.54) is 0 Å². The number of amides is 2. The molecule has 1 atom stereocenters. The number of carbonyl (C=O) groups excluding carboxylic acids is 1. The Labute approximate surface area is 157 Å². The van der Waals surface area contributed by atoms with Gasteiger partial charge < -0.3 is 15.4 Å². The third-order valence-electron chi connectivity index (χ3n) is 4.17. The van der Waals surface area contributed by atoms with Crippen molar-refractivity contribution in [2.45, 2.75) is 26.8 Å². The van der Waals surface area contributed by atoms with E-state index in [-0.39, 0.29) is 12.1 Å². The number of methoxy groups -OCH3 is 1. The molecule has 0 saturated heterocycles. The SMILES string of the molecule is COc1ccc(C)cc1[C@H](C)NC(=O)Nc1cccc(-n2nnnc2C)c1. The molecule has 140 valence electrons. The number of nitrogens with zero attached hydrogens (tertiary/aromatic N) is 4. The molecule has 0 fully saturated rings. The van der Waals surface area contributed by atoms with Crippen molar-refractivity contribution in [1.29, 1.82) is 0 Å². The Morgan fingerprint density at radius 2 is 2.00 bits per heavy atom. The number of rotatable bonds is 5. The van der Waals surface area contributed by atoms with E-state index in [1.807, 2.05) is 51.1 Å². The molecule has 2 aromatic carbocycles. The van der Waals surface area contributed by atoms with Gasteiger partial charge in [0.2, 0.25) is 0 Å². The first-order chi connectivity index (χ1) is 13.0. The van der Waals surface area contributed by atoms with Gasteiger partial charge in [0.1, 0.15) is 5.75 Å². The van der Waals surface area contributed by atoms with Crippen LogP contribution in [0.2, 0.25) is 0 Å². The Balaban J connectivity index is 1.71. The van der Waals surface area contributed by atoms with Gasteiger partial charge in [0.15, 0.2) is 5.82 Å². The number of aryl methyl sites for hydroxylation is 2. The standard InChI is InChI=1S/C19H22N6O2/c1-12-8-9-18(27-4)17(10-12)13(2)20-19(26)21-15-6-5-7-16(11-15)25-14(3)22-23-24-25/h5-11,13H,1-4H3,(H2,20,21,26)/t13-/m0/s1. The largest absolute Gasteiger partial charge is 0.496 e. The smallest absolute Gasteiger partial charge is 0.319 e. The van der Waals surface area contributed by atoms with Gasteiger partial charge in [0.05, 0.1) is 18.8 Å². The van der Waals surface area contributed by atoms with Crippen LogP contribution in [0.1, 0.15) is 29.9 Å². The highest BCUT2D eigenvalue weighted by Crippen LogP contribution is 2.26. The summed E-state index contributed by atoms with van der Waals surface area (Å²) in [5.74, 6) is 1.40. The highest BCUT2D eigenvalue weighted by Gasteiger charge is 2.15. The molecule has 0 bridgehead atoms. The number of aromatic nitrogens is 4. The predicted octanol–water partition coefficient (Wildman–Crippen LogP) is 3.17. The van der Waals surface area contributed by atoms with E-state index < -0.39 is 0 Å². The maximum absolute atomic E-state index is 12.4. The number of nitrogens with one attached hydrogen (secondary N) is 2. The van der Waals surface area contributed by atoms with Crippen molar-refractivity contribution in [3.8, 4) is 11.4 Å². The number of benzene rings is 2. The number of hydrogen-bond acceptors (Lipinski definition) is 5. The zero-order valence-electron chi connectivity index (χ0n) is 15.7. The second-order valence-electron chi connectivity index (χ2n) is 6.25. The van der Waals surface area contributed by atoms with Crippen LogP contribution in [-0.2, 0) is 0 Å². The minimum atomic E-state index is -0.309. The second kappa shape index (κ2) is 7.86. The molecule has 8 nitrogen and oxygen atoms in total. The lowest BCUT2D eigenvalue weighted by Gasteiger charge is -2.18. The Hall–Kier alpha value is -3.42. The minimum absolute atomic E-state index is 0.218. The molecule has 2 N–H and O–H groups in total. The normalized spacial score (nSPS) is 11.7. The van der Waals surface area contributed by atoms with Crippen LogP contribution < -0.4 is 15.4 Å². The first-order valence-electron chi connectivity index (χ1n) is 8.55. The molecule has 1 heterocycles. The van der Waals surface area contributed by atoms with Gasteiger partial charge in [0, 0.05) is 11.3 Å². The summed E-state index contributed by atoms with van der Waals surface area (Å²) >= 11 is 0. The number of tetrazole rings is 1. The van der Waals surface area contributed by atoms with Gasteiger partial charge in [-0.25, -0.2) is 4.79 Å². The minimum Gasteiger partial charge on any atom is -0.496 e. The molecule has 0 radical (unpaired) electrons. The lowest BCUT2D eigenvalue weighted by molar-refractivity contribution is 0.249. The number of urea groups is 1. The molecule has 0 aliphatic heterocycles. The Bertz CT molecular complexity index is 953. The van der Waals surface area contributed by atoms with Crippen molar-refractivity contribution in [2.24, 2.45) is 0 Å². The first-order valence-corrected chi connectivity index (χ1v) is 8.55. The van der Waals surface area contributed by atoms with Crippen LogP contribution in [0.15, 0.2) is 42.5 Å². The van der Waals surface area contributed by atoms with E-state index in [1.54, 1.807) is 23.9 Å². The lowest BCUT2D eigenvalue weighted by atomic mass is 10.0. The molecule has 0 spiro atoms. The molecule has 27 heavy (non-hydrogen) atoms. The van der Waals surface area contributed by atoms with Crippen LogP contribution in [0.3, 0.4) is 0 Å². The molecule has 0 aliphatic carbocycles. The molecule has 0 unspecified atom stereocenters. The van der Waals surface area contributed by atoms with Crippen LogP contribution >= 0.6 is 0 Å². The molecular formula is C19H22N6O2. The second-order valence-corrected chi connectivity index (χ2v) is 6.25. The zero-order valence-corrected chi connectivity index (χ0v) is 15.7. The van der Waals surface area contributed by atoms with Gasteiger partial charge in [-0.2, -0.15) is 4.68 Å². The van der Waals surface area contributed by atoms with E-state index in [2.05, 4.69) is 26.2 Å². The van der Waals surface area contributed by atoms with E-state index in [0.717, 1.165) is 22.6 Å². The summed E-state index contributed by atoms with van der Waals surface area (Å²) in [5, 5.41) is 17.2. The summed E-state index contributed by atoms with van der Waals surface area (Å²) < 4.78 is 7.00. The summed E-state index contributed by atoms with van der Waals surface area (Å²) in [6.45, 7) is 5.73. The monoisotopic (exact) mass is 366 g/mol. The summed E-state index contributed by atoms with van der Waals surface area (Å²) in [5.41, 5.74) is 3.43. The summed E-state index contributed by atoms with van der Waals surface area (Å²) in [4.78, 5) is 12.4. The van der Waals surface area contributed by atoms with Gasteiger partial charge in [0.25, 0.3) is 0 Å². The van der Waals surface area contributed by atoms with Crippen LogP contribution in [-0.4, -0.2) is 33.3 Å². The van der Waals surface area contributed by atoms with Gasteiger partial charge >= 0.3 is 6.03 Å². The zero-order chi connectivity index (χ0) is 19.4. The highest BCUT2D eigenvalue weighted by atomic mass is 16.5. The van der Waals surface area contributed by atoms with Crippen LogP contribution in [0.4, 0.5) is 10.5 Å². The van der Waals surface area contributed by atoms with E-state index in [0.29, 0.717) is 11.5 Å². The summed E-state index contributed by atoms with van der Waals surface area (Å²) in [6, 6.07) is 12.7. The fraction of sp³-hybridized carbons (Fsp3) is 0.263. The molecule has 0 saturated carbocycles. The van der Waals surface area contributed by atoms with Crippen molar-refractivity contribution in [3.63, 3.8) is 0 Å². The quantitative estimate of drug-likeness (QED) is 0.723. The van der Waals surface area contributed by atoms with Crippen LogP contribution in [0.25, 0.3) is 5.69 Å². The van der Waals surface area contributed by atoms with Crippen molar-refractivity contribution < 1.29 is 9.53 Å². The van der Waals surface area contributed by atoms with Gasteiger partial charge in [-0.05, 0) is 55.5 Å². The molecule has 8 heteroatoms. The number of hydrogen-bond donors (Lipinski definition) is 2. The average molecular weight is 366 g/mol. The first kappa shape index (κ1) is 18.4. The maximum atomic E-state index is 12.4. The molecule has 3 rings (SSSR count). The van der Waals surface area contributed by atoms with Crippen molar-refractivity contribution in [3.05, 3.63) is 59.4 Å². The summed E-state index contributed by atoms with van der Waals surface area (Å²) in [6.07, 6.45) is 0. The molecule has 1 aromatic heterocycles. The van der Waals surface area contributed by atoms with Crippen LogP contribution in [0, 0.1) is 13.8 Å². The maximum Gasteiger partial charge on any atom is 0.319 e. The third kappa shape index (κ3) is 4.22. The molecule has 0 aliphatic rings. The van der Waals surface area contributed by atoms with Crippen molar-refractivity contribution in [1.82, 2.24) is 25.5 Å². The third-order valence-corrected chi connectivity index (χ3v) is 4.17. The van der Waals surface area contributed by atoms with Crippen LogP contribution in [0.5, 0.6) is 5.75 Å². The molecule has 3 aromatic rings.